The molecule has 2 unspecified atom stereocenters. The van der Waals surface area contributed by atoms with E-state index in [2.05, 4.69) is 5.32 Å². The van der Waals surface area contributed by atoms with Crippen LogP contribution < -0.4 is 15.1 Å². The molecule has 4 atom stereocenters. The average molecular weight is 321 g/mol. The number of hydrogen-bond donors (Lipinski definition) is 1. The zero-order chi connectivity index (χ0) is 15.2. The van der Waals surface area contributed by atoms with Gasteiger partial charge in [-0.1, -0.05) is 69.8 Å². The fraction of sp³-hybridized carbons (Fsp3) is 0.143. The van der Waals surface area contributed by atoms with Crippen LogP contribution in [0, 0.1) is 0 Å². The van der Waals surface area contributed by atoms with Crippen LogP contribution in [0.25, 0.3) is 0 Å². The third-order valence-electron chi connectivity index (χ3n) is 2.97. The van der Waals surface area contributed by atoms with E-state index in [9.17, 15) is 18.9 Å². The lowest BCUT2D eigenvalue weighted by Crippen LogP contribution is -2.26. The van der Waals surface area contributed by atoms with E-state index in [0.29, 0.717) is 11.1 Å². The highest BCUT2D eigenvalue weighted by Crippen LogP contribution is 2.39. The van der Waals surface area contributed by atoms with Gasteiger partial charge < -0.3 is 9.79 Å². The Hall–Kier alpha value is -1.48. The van der Waals surface area contributed by atoms with Crippen molar-refractivity contribution in [2.75, 3.05) is 0 Å². The van der Waals surface area contributed by atoms with Crippen molar-refractivity contribution in [3.8, 4) is 0 Å². The minimum absolute atomic E-state index is 0.506. The molecule has 0 heterocycles. The molecular formula is C14H13NO4P2. The second-order valence-electron chi connectivity index (χ2n) is 4.36. The van der Waals surface area contributed by atoms with Crippen LogP contribution in [-0.2, 0) is 9.13 Å². The van der Waals surface area contributed by atoms with E-state index in [1.54, 1.807) is 60.7 Å². The topological polar surface area (TPSA) is 92.3 Å². The smallest absolute Gasteiger partial charge is 0.333 e. The predicted molar refractivity (Wildman–Crippen MR) is 76.7 cm³/mol. The zero-order valence-electron chi connectivity index (χ0n) is 11.0. The zero-order valence-corrected chi connectivity index (χ0v) is 12.7. The van der Waals surface area contributed by atoms with Crippen LogP contribution >= 0.6 is 16.1 Å². The molecule has 0 saturated heterocycles. The fourth-order valence-corrected chi connectivity index (χ4v) is 3.47. The van der Waals surface area contributed by atoms with Gasteiger partial charge in [0, 0.05) is 11.1 Å². The predicted octanol–water partition coefficient (Wildman–Crippen LogP) is 2.18. The van der Waals surface area contributed by atoms with Crippen LogP contribution in [0.1, 0.15) is 22.7 Å². The second kappa shape index (κ2) is 7.51. The fourth-order valence-electron chi connectivity index (χ4n) is 1.98. The van der Waals surface area contributed by atoms with Crippen molar-refractivity contribution in [3.63, 3.8) is 0 Å². The summed E-state index contributed by atoms with van der Waals surface area (Å²) in [5, 5.41) is 2.69. The highest BCUT2D eigenvalue weighted by atomic mass is 31.1. The maximum absolute atomic E-state index is 11.5. The summed E-state index contributed by atoms with van der Waals surface area (Å²) in [4.78, 5) is 22.9. The molecule has 0 aliphatic rings. The van der Waals surface area contributed by atoms with E-state index < -0.39 is 27.6 Å². The molecule has 0 aliphatic heterocycles. The summed E-state index contributed by atoms with van der Waals surface area (Å²) < 4.78 is 22.9. The third-order valence-corrected chi connectivity index (χ3v) is 4.71. The van der Waals surface area contributed by atoms with Crippen LogP contribution in [0.3, 0.4) is 0 Å². The molecule has 0 amide bonds. The summed E-state index contributed by atoms with van der Waals surface area (Å²) in [6.07, 6.45) is 0. The van der Waals surface area contributed by atoms with E-state index in [1.807, 2.05) is 0 Å². The molecule has 0 radical (unpaired) electrons. The van der Waals surface area contributed by atoms with Crippen LogP contribution in [-0.4, -0.2) is 0 Å². The van der Waals surface area contributed by atoms with Gasteiger partial charge in [-0.15, -0.1) is 0 Å². The molecule has 5 nitrogen and oxygen atoms in total. The van der Waals surface area contributed by atoms with Gasteiger partial charge in [0.2, 0.25) is 11.6 Å². The first-order valence-corrected chi connectivity index (χ1v) is 8.72. The monoisotopic (exact) mass is 321 g/mol. The second-order valence-corrected chi connectivity index (χ2v) is 6.54. The quantitative estimate of drug-likeness (QED) is 0.823. The molecule has 0 bridgehead atoms. The number of benzene rings is 2. The van der Waals surface area contributed by atoms with E-state index >= 15 is 0 Å². The lowest BCUT2D eigenvalue weighted by atomic mass is 10.2. The summed E-state index contributed by atoms with van der Waals surface area (Å²) in [5.74, 6) is -2.11. The molecule has 108 valence electrons. The first kappa shape index (κ1) is 15.9. The van der Waals surface area contributed by atoms with Crippen molar-refractivity contribution in [2.24, 2.45) is 0 Å². The van der Waals surface area contributed by atoms with Crippen molar-refractivity contribution in [3.05, 3.63) is 71.8 Å². The summed E-state index contributed by atoms with van der Waals surface area (Å²) in [5.41, 5.74) is 1.01. The number of hydrogen-bond acceptors (Lipinski definition) is 5. The standard InChI is InChI=1S/C14H13NO4P2/c16-20(17)13(11-7-3-1-4-8-11)15-14(21(18)19)12-9-5-2-6-10-12/h1-10,13-15H/t13-,14-/m1/s1. The summed E-state index contributed by atoms with van der Waals surface area (Å²) in [7, 11) is -5.73. The first-order valence-electron chi connectivity index (χ1n) is 6.22. The van der Waals surface area contributed by atoms with E-state index in [0.717, 1.165) is 0 Å². The van der Waals surface area contributed by atoms with Gasteiger partial charge in [-0.05, 0) is 0 Å². The normalized spacial score (nSPS) is 15.1. The molecule has 7 heteroatoms. The van der Waals surface area contributed by atoms with Crippen molar-refractivity contribution in [1.82, 2.24) is 5.32 Å². The first-order chi connectivity index (χ1) is 10.1. The highest BCUT2D eigenvalue weighted by molar-refractivity contribution is 7.38. The van der Waals surface area contributed by atoms with E-state index in [4.69, 9.17) is 0 Å². The largest absolute Gasteiger partial charge is 0.594 e. The lowest BCUT2D eigenvalue weighted by molar-refractivity contribution is -0.169. The van der Waals surface area contributed by atoms with Gasteiger partial charge in [0.1, 0.15) is 0 Å². The average Bonchev–Trinajstić information content (AvgIpc) is 2.49. The molecule has 2 aromatic carbocycles. The minimum atomic E-state index is -2.87. The van der Waals surface area contributed by atoms with Gasteiger partial charge >= 0.3 is 16.1 Å². The van der Waals surface area contributed by atoms with Gasteiger partial charge in [-0.3, -0.25) is 0 Å². The molecule has 0 spiro atoms. The van der Waals surface area contributed by atoms with Crippen molar-refractivity contribution in [2.45, 2.75) is 11.6 Å². The Balaban J connectivity index is 2.30. The minimum Gasteiger partial charge on any atom is -0.594 e. The summed E-state index contributed by atoms with van der Waals surface area (Å²) in [6, 6.07) is 16.9. The van der Waals surface area contributed by atoms with E-state index in [-0.39, 0.29) is 0 Å². The molecule has 21 heavy (non-hydrogen) atoms. The maximum Gasteiger partial charge on any atom is 0.333 e. The molecule has 0 aliphatic carbocycles. The molecule has 0 saturated carbocycles. The molecule has 0 fully saturated rings. The Labute approximate surface area is 124 Å². The van der Waals surface area contributed by atoms with Gasteiger partial charge in [0.05, 0.1) is 0 Å². The number of rotatable bonds is 6. The Morgan fingerprint density at radius 2 is 1.05 bits per heavy atom. The highest BCUT2D eigenvalue weighted by Gasteiger charge is 2.33. The summed E-state index contributed by atoms with van der Waals surface area (Å²) >= 11 is 0. The van der Waals surface area contributed by atoms with Crippen molar-refractivity contribution < 1.29 is 18.9 Å². The molecule has 0 aromatic heterocycles. The van der Waals surface area contributed by atoms with Crippen molar-refractivity contribution >= 4 is 16.1 Å². The molecule has 2 rings (SSSR count). The maximum atomic E-state index is 11.5. The number of nitrogens with one attached hydrogen (secondary N) is 1. The Morgan fingerprint density at radius 3 is 1.33 bits per heavy atom. The van der Waals surface area contributed by atoms with Crippen LogP contribution in [0.15, 0.2) is 60.7 Å². The van der Waals surface area contributed by atoms with Crippen LogP contribution in [0.4, 0.5) is 0 Å². The SMILES string of the molecule is O=[P+]([O-])[C@@H](N[C@@H](c1ccccc1)[P+](=O)[O-])c1ccccc1. The molecule has 1 N–H and O–H groups in total. The molecule has 2 aromatic rings. The lowest BCUT2D eigenvalue weighted by Gasteiger charge is -2.15. The molecular weight excluding hydrogens is 308 g/mol. The summed E-state index contributed by atoms with van der Waals surface area (Å²) in [6.45, 7) is 0. The van der Waals surface area contributed by atoms with Gasteiger partial charge in [0.25, 0.3) is 0 Å². The Kier molecular flexibility index (Phi) is 5.68. The van der Waals surface area contributed by atoms with Crippen LogP contribution in [0.2, 0.25) is 0 Å². The van der Waals surface area contributed by atoms with Gasteiger partial charge in [-0.2, -0.15) is 0 Å². The van der Waals surface area contributed by atoms with Crippen LogP contribution in [0.5, 0.6) is 0 Å². The van der Waals surface area contributed by atoms with Gasteiger partial charge in [0.15, 0.2) is 0 Å². The Bertz CT molecular complexity index is 566. The Morgan fingerprint density at radius 1 is 0.714 bits per heavy atom. The van der Waals surface area contributed by atoms with Gasteiger partial charge in [-0.25, -0.2) is 5.32 Å². The third kappa shape index (κ3) is 4.24. The van der Waals surface area contributed by atoms with Crippen molar-refractivity contribution in [1.29, 1.82) is 0 Å². The van der Waals surface area contributed by atoms with E-state index in [1.165, 1.54) is 0 Å².